The smallest absolute Gasteiger partial charge is 0.230 e. The van der Waals surface area contributed by atoms with Crippen LogP contribution in [0.25, 0.3) is 0 Å². The Morgan fingerprint density at radius 1 is 1.04 bits per heavy atom. The van der Waals surface area contributed by atoms with Crippen molar-refractivity contribution < 1.29 is 9.53 Å². The fourth-order valence-corrected chi connectivity index (χ4v) is 4.21. The molecule has 2 aromatic carbocycles. The fourth-order valence-electron chi connectivity index (χ4n) is 4.09. The summed E-state index contributed by atoms with van der Waals surface area (Å²) >= 11 is 6.00. The molecule has 0 bridgehead atoms. The van der Waals surface area contributed by atoms with Crippen LogP contribution in [-0.4, -0.2) is 18.1 Å². The molecule has 2 saturated carbocycles. The Kier molecular flexibility index (Phi) is 5.51. The van der Waals surface area contributed by atoms with Gasteiger partial charge in [0.1, 0.15) is 0 Å². The van der Waals surface area contributed by atoms with Gasteiger partial charge in [0.05, 0.1) is 24.2 Å². The third-order valence-corrected chi connectivity index (χ3v) is 6.16. The zero-order chi connectivity index (χ0) is 18.7. The number of amides is 1. The summed E-state index contributed by atoms with van der Waals surface area (Å²) in [5, 5.41) is 4.03. The molecule has 2 aromatic rings. The van der Waals surface area contributed by atoms with E-state index in [1.54, 1.807) is 0 Å². The Labute approximate surface area is 166 Å². The van der Waals surface area contributed by atoms with Crippen LogP contribution in [0, 0.1) is 0 Å². The molecule has 27 heavy (non-hydrogen) atoms. The van der Waals surface area contributed by atoms with Crippen LogP contribution in [0.5, 0.6) is 0 Å². The Hall–Kier alpha value is -1.84. The van der Waals surface area contributed by atoms with Gasteiger partial charge in [0.2, 0.25) is 5.91 Å². The highest BCUT2D eigenvalue weighted by Crippen LogP contribution is 2.48. The number of nitrogens with one attached hydrogen (secondary N) is 1. The molecule has 142 valence electrons. The van der Waals surface area contributed by atoms with E-state index in [1.807, 2.05) is 42.5 Å². The highest BCUT2D eigenvalue weighted by atomic mass is 35.5. The first-order valence-corrected chi connectivity index (χ1v) is 10.3. The lowest BCUT2D eigenvalue weighted by atomic mass is 9.90. The summed E-state index contributed by atoms with van der Waals surface area (Å²) in [7, 11) is 0. The minimum Gasteiger partial charge on any atom is -0.371 e. The van der Waals surface area contributed by atoms with Gasteiger partial charge < -0.3 is 10.1 Å². The SMILES string of the molecule is O=C(N[C@@H]1CCCC[C@H]1OCc1ccccc1)C1(c2ccc(Cl)cc2)CC1. The first-order valence-electron chi connectivity index (χ1n) is 9.90. The van der Waals surface area contributed by atoms with Crippen LogP contribution >= 0.6 is 11.6 Å². The van der Waals surface area contributed by atoms with Crippen molar-refractivity contribution in [2.24, 2.45) is 0 Å². The lowest BCUT2D eigenvalue weighted by Gasteiger charge is -2.33. The molecule has 0 radical (unpaired) electrons. The predicted molar refractivity (Wildman–Crippen MR) is 108 cm³/mol. The van der Waals surface area contributed by atoms with E-state index >= 15 is 0 Å². The highest BCUT2D eigenvalue weighted by molar-refractivity contribution is 6.30. The molecule has 3 nitrogen and oxygen atoms in total. The van der Waals surface area contributed by atoms with Crippen molar-refractivity contribution in [3.63, 3.8) is 0 Å². The molecule has 0 spiro atoms. The van der Waals surface area contributed by atoms with Crippen molar-refractivity contribution in [2.45, 2.75) is 62.7 Å². The normalized spacial score (nSPS) is 23.6. The highest BCUT2D eigenvalue weighted by Gasteiger charge is 2.52. The molecule has 4 heteroatoms. The summed E-state index contributed by atoms with van der Waals surface area (Å²) in [6.45, 7) is 0.597. The van der Waals surface area contributed by atoms with Gasteiger partial charge in [0.15, 0.2) is 0 Å². The molecule has 0 aromatic heterocycles. The minimum atomic E-state index is -0.369. The van der Waals surface area contributed by atoms with Crippen LogP contribution in [0.2, 0.25) is 5.02 Å². The molecule has 0 unspecified atom stereocenters. The van der Waals surface area contributed by atoms with Crippen LogP contribution in [-0.2, 0) is 21.6 Å². The van der Waals surface area contributed by atoms with Gasteiger partial charge in [0, 0.05) is 5.02 Å². The molecule has 2 fully saturated rings. The quantitative estimate of drug-likeness (QED) is 0.760. The maximum absolute atomic E-state index is 13.1. The second-order valence-corrected chi connectivity index (χ2v) is 8.22. The van der Waals surface area contributed by atoms with Gasteiger partial charge in [-0.25, -0.2) is 0 Å². The largest absolute Gasteiger partial charge is 0.371 e. The molecule has 0 saturated heterocycles. The maximum atomic E-state index is 13.1. The van der Waals surface area contributed by atoms with Crippen LogP contribution in [0.1, 0.15) is 49.7 Å². The van der Waals surface area contributed by atoms with Crippen LogP contribution in [0.15, 0.2) is 54.6 Å². The first kappa shape index (κ1) is 18.5. The molecule has 2 aliphatic rings. The molecule has 0 heterocycles. The van der Waals surface area contributed by atoms with E-state index in [2.05, 4.69) is 17.4 Å². The molecular formula is C23H26ClNO2. The Morgan fingerprint density at radius 2 is 1.74 bits per heavy atom. The summed E-state index contributed by atoms with van der Waals surface area (Å²) in [5.41, 5.74) is 1.88. The number of hydrogen-bond acceptors (Lipinski definition) is 2. The molecule has 2 atom stereocenters. The monoisotopic (exact) mass is 383 g/mol. The maximum Gasteiger partial charge on any atom is 0.230 e. The standard InChI is InChI=1S/C23H26ClNO2/c24-19-12-10-18(11-13-19)23(14-15-23)22(26)25-20-8-4-5-9-21(20)27-16-17-6-2-1-3-7-17/h1-3,6-7,10-13,20-21H,4-5,8-9,14-16H2,(H,25,26)/t20-,21-/m1/s1. The fraction of sp³-hybridized carbons (Fsp3) is 0.435. The van der Waals surface area contributed by atoms with E-state index in [1.165, 1.54) is 5.56 Å². The molecule has 4 rings (SSSR count). The third kappa shape index (κ3) is 4.20. The number of benzene rings is 2. The Balaban J connectivity index is 1.40. The molecular weight excluding hydrogens is 358 g/mol. The van der Waals surface area contributed by atoms with Gasteiger partial charge in [-0.1, -0.05) is 66.9 Å². The van der Waals surface area contributed by atoms with Crippen LogP contribution < -0.4 is 5.32 Å². The summed E-state index contributed by atoms with van der Waals surface area (Å²) in [6, 6.07) is 18.0. The number of rotatable bonds is 6. The number of ether oxygens (including phenoxy) is 1. The van der Waals surface area contributed by atoms with Crippen molar-refractivity contribution in [1.82, 2.24) is 5.32 Å². The van der Waals surface area contributed by atoms with Gasteiger partial charge in [0.25, 0.3) is 0 Å². The van der Waals surface area contributed by atoms with Gasteiger partial charge >= 0.3 is 0 Å². The summed E-state index contributed by atoms with van der Waals surface area (Å²) < 4.78 is 6.20. The lowest BCUT2D eigenvalue weighted by Crippen LogP contribution is -2.49. The van der Waals surface area contributed by atoms with E-state index < -0.39 is 0 Å². The zero-order valence-corrected chi connectivity index (χ0v) is 16.3. The van der Waals surface area contributed by atoms with Crippen molar-refractivity contribution in [2.75, 3.05) is 0 Å². The number of carbonyl (C=O) groups is 1. The van der Waals surface area contributed by atoms with E-state index in [9.17, 15) is 4.79 Å². The Bertz CT molecular complexity index is 771. The van der Waals surface area contributed by atoms with E-state index in [-0.39, 0.29) is 23.5 Å². The van der Waals surface area contributed by atoms with E-state index in [0.29, 0.717) is 11.6 Å². The van der Waals surface area contributed by atoms with Gasteiger partial charge in [-0.05, 0) is 48.9 Å². The van der Waals surface area contributed by atoms with Crippen LogP contribution in [0.4, 0.5) is 0 Å². The second kappa shape index (κ2) is 8.04. The summed E-state index contributed by atoms with van der Waals surface area (Å²) in [5.74, 6) is 0.144. The number of halogens is 1. The number of carbonyl (C=O) groups excluding carboxylic acids is 1. The van der Waals surface area contributed by atoms with Gasteiger partial charge in [-0.3, -0.25) is 4.79 Å². The average Bonchev–Trinajstić information content (AvgIpc) is 3.51. The first-order chi connectivity index (χ1) is 13.2. The third-order valence-electron chi connectivity index (χ3n) is 5.91. The Morgan fingerprint density at radius 3 is 2.44 bits per heavy atom. The lowest BCUT2D eigenvalue weighted by molar-refractivity contribution is -0.126. The van der Waals surface area contributed by atoms with Crippen molar-refractivity contribution >= 4 is 17.5 Å². The molecule has 1 amide bonds. The van der Waals surface area contributed by atoms with Gasteiger partial charge in [-0.2, -0.15) is 0 Å². The van der Waals surface area contributed by atoms with Crippen molar-refractivity contribution in [3.8, 4) is 0 Å². The summed E-state index contributed by atoms with van der Waals surface area (Å²) in [6.07, 6.45) is 6.20. The topological polar surface area (TPSA) is 38.3 Å². The molecule has 1 N–H and O–H groups in total. The molecule has 0 aliphatic heterocycles. The molecule has 2 aliphatic carbocycles. The van der Waals surface area contributed by atoms with Gasteiger partial charge in [-0.15, -0.1) is 0 Å². The summed E-state index contributed by atoms with van der Waals surface area (Å²) in [4.78, 5) is 13.1. The van der Waals surface area contributed by atoms with Crippen molar-refractivity contribution in [1.29, 1.82) is 0 Å². The number of hydrogen-bond donors (Lipinski definition) is 1. The second-order valence-electron chi connectivity index (χ2n) is 7.79. The van der Waals surface area contributed by atoms with Crippen LogP contribution in [0.3, 0.4) is 0 Å². The van der Waals surface area contributed by atoms with E-state index in [4.69, 9.17) is 16.3 Å². The predicted octanol–water partition coefficient (Wildman–Crippen LogP) is 5.02. The van der Waals surface area contributed by atoms with Crippen molar-refractivity contribution in [3.05, 3.63) is 70.7 Å². The minimum absolute atomic E-state index is 0.0870. The zero-order valence-electron chi connectivity index (χ0n) is 15.5. The average molecular weight is 384 g/mol. The van der Waals surface area contributed by atoms with E-state index in [0.717, 1.165) is 44.1 Å².